The Morgan fingerprint density at radius 3 is 1.12 bits per heavy atom. The molecule has 0 heterocycles. The van der Waals surface area contributed by atoms with Gasteiger partial charge >= 0.3 is 7.82 Å². The Morgan fingerprint density at radius 1 is 0.474 bits per heavy atom. The summed E-state index contributed by atoms with van der Waals surface area (Å²) in [5.74, 6) is -0.269. The third-order valence-electron chi connectivity index (χ3n) is 15.3. The number of hydrogen-bond donors (Lipinski definition) is 4. The van der Waals surface area contributed by atoms with Crippen LogP contribution in [0.2, 0.25) is 0 Å². The van der Waals surface area contributed by atoms with Crippen LogP contribution >= 0.6 is 7.82 Å². The van der Waals surface area contributed by atoms with Crippen molar-refractivity contribution in [3.8, 4) is 0 Å². The number of quaternary nitrogens is 1. The Labute approximate surface area is 472 Å². The molecule has 76 heavy (non-hydrogen) atoms. The number of allylic oxidation sites excluding steroid dienone is 6. The summed E-state index contributed by atoms with van der Waals surface area (Å²) in [5, 5.41) is 24.8. The zero-order valence-electron chi connectivity index (χ0n) is 51.1. The third kappa shape index (κ3) is 57.4. The summed E-state index contributed by atoms with van der Waals surface area (Å²) in [7, 11) is 1.41. The standard InChI is InChI=1S/C66H129N2O7P/c1-6-8-10-12-14-16-18-20-21-22-23-24-25-26-27-28-29-30-31-32-33-34-35-36-37-38-39-40-41-42-43-44-45-46-47-49-51-53-55-57-59-65(70)67-63(62-75-76(72,73)74-61-60-68(3,4)5)66(71)64(69)58-56-54-52-50-48-19-17-15-13-11-9-7-2/h7,9,15,17,50,52,63-64,66,69,71H,6,8,10-14,16,18-49,51,53-62H2,1-5H3,(H-,67,70,72,73)/p+1/b9-7+,17-15+,52-50+. The Morgan fingerprint density at radius 2 is 0.789 bits per heavy atom. The maximum Gasteiger partial charge on any atom is 0.472 e. The number of phosphoric ester groups is 1. The molecule has 9 nitrogen and oxygen atoms in total. The average molecular weight is 1090 g/mol. The van der Waals surface area contributed by atoms with Crippen LogP contribution in [0, 0.1) is 0 Å². The minimum absolute atomic E-state index is 0.0135. The van der Waals surface area contributed by atoms with Gasteiger partial charge in [0.15, 0.2) is 0 Å². The van der Waals surface area contributed by atoms with Gasteiger partial charge < -0.3 is 24.9 Å². The molecular formula is C66H130N2O7P+. The topological polar surface area (TPSA) is 125 Å². The molecule has 0 saturated heterocycles. The molecule has 0 aliphatic rings. The lowest BCUT2D eigenvalue weighted by Crippen LogP contribution is -2.51. The van der Waals surface area contributed by atoms with E-state index >= 15 is 0 Å². The van der Waals surface area contributed by atoms with Crippen molar-refractivity contribution in [1.29, 1.82) is 0 Å². The van der Waals surface area contributed by atoms with Gasteiger partial charge in [-0.3, -0.25) is 13.8 Å². The van der Waals surface area contributed by atoms with Gasteiger partial charge in [-0.25, -0.2) is 4.57 Å². The molecule has 450 valence electrons. The van der Waals surface area contributed by atoms with E-state index in [1.807, 2.05) is 28.1 Å². The fourth-order valence-corrected chi connectivity index (χ4v) is 10.9. The summed E-state index contributed by atoms with van der Waals surface area (Å²) in [6, 6.07) is -1.06. The number of likely N-dealkylation sites (N-methyl/N-ethyl adjacent to an activating group) is 1. The highest BCUT2D eigenvalue weighted by Crippen LogP contribution is 2.43. The van der Waals surface area contributed by atoms with E-state index in [0.717, 1.165) is 51.4 Å². The van der Waals surface area contributed by atoms with E-state index in [2.05, 4.69) is 48.7 Å². The second-order valence-electron chi connectivity index (χ2n) is 24.0. The minimum Gasteiger partial charge on any atom is -0.390 e. The van der Waals surface area contributed by atoms with Crippen LogP contribution in [0.5, 0.6) is 0 Å². The number of rotatable bonds is 61. The minimum atomic E-state index is -4.43. The number of aliphatic hydroxyl groups excluding tert-OH is 2. The number of hydrogen-bond acceptors (Lipinski definition) is 6. The van der Waals surface area contributed by atoms with Gasteiger partial charge in [0.1, 0.15) is 19.3 Å². The summed E-state index contributed by atoms with van der Waals surface area (Å²) in [4.78, 5) is 23.3. The van der Waals surface area contributed by atoms with E-state index in [1.165, 1.54) is 238 Å². The van der Waals surface area contributed by atoms with Crippen LogP contribution < -0.4 is 5.32 Å². The molecular weight excluding hydrogens is 964 g/mol. The molecule has 0 rings (SSSR count). The molecule has 0 saturated carbocycles. The molecule has 0 aliphatic carbocycles. The summed E-state index contributed by atoms with van der Waals surface area (Å²) in [6.45, 7) is 4.40. The summed E-state index contributed by atoms with van der Waals surface area (Å²) in [5.41, 5.74) is 0. The number of carbonyl (C=O) groups is 1. The highest BCUT2D eigenvalue weighted by atomic mass is 31.2. The van der Waals surface area contributed by atoms with Crippen molar-refractivity contribution in [3.63, 3.8) is 0 Å². The van der Waals surface area contributed by atoms with Crippen LogP contribution in [0.15, 0.2) is 36.5 Å². The van der Waals surface area contributed by atoms with Gasteiger partial charge in [-0.1, -0.05) is 294 Å². The average Bonchev–Trinajstić information content (AvgIpc) is 3.38. The Balaban J connectivity index is 3.88. The number of nitrogens with one attached hydrogen (secondary N) is 1. The highest BCUT2D eigenvalue weighted by Gasteiger charge is 2.32. The summed E-state index contributed by atoms with van der Waals surface area (Å²) < 4.78 is 23.6. The van der Waals surface area contributed by atoms with E-state index in [4.69, 9.17) is 9.05 Å². The van der Waals surface area contributed by atoms with Gasteiger partial charge in [0.05, 0.1) is 39.9 Å². The molecule has 0 aromatic carbocycles. The molecule has 0 bridgehead atoms. The lowest BCUT2D eigenvalue weighted by molar-refractivity contribution is -0.870. The van der Waals surface area contributed by atoms with Crippen molar-refractivity contribution in [1.82, 2.24) is 5.32 Å². The molecule has 4 N–H and O–H groups in total. The maximum atomic E-state index is 13.0. The fourth-order valence-electron chi connectivity index (χ4n) is 10.1. The van der Waals surface area contributed by atoms with Crippen LogP contribution in [0.1, 0.15) is 322 Å². The monoisotopic (exact) mass is 1090 g/mol. The first-order valence-corrected chi connectivity index (χ1v) is 34.4. The van der Waals surface area contributed by atoms with E-state index in [9.17, 15) is 24.5 Å². The van der Waals surface area contributed by atoms with Crippen molar-refractivity contribution >= 4 is 13.7 Å². The maximum absolute atomic E-state index is 13.0. The molecule has 1 amide bonds. The molecule has 10 heteroatoms. The molecule has 0 spiro atoms. The fraction of sp³-hybridized carbons (Fsp3) is 0.894. The second-order valence-corrected chi connectivity index (χ2v) is 25.4. The number of nitrogens with zero attached hydrogens (tertiary/aromatic N) is 1. The second kappa shape index (κ2) is 56.9. The highest BCUT2D eigenvalue weighted by molar-refractivity contribution is 7.47. The van der Waals surface area contributed by atoms with Crippen molar-refractivity contribution in [2.24, 2.45) is 0 Å². The van der Waals surface area contributed by atoms with Crippen molar-refractivity contribution < 1.29 is 38.0 Å². The lowest BCUT2D eigenvalue weighted by atomic mass is 10.0. The van der Waals surface area contributed by atoms with Crippen molar-refractivity contribution in [3.05, 3.63) is 36.5 Å². The number of unbranched alkanes of at least 4 members (excludes halogenated alkanes) is 42. The predicted molar refractivity (Wildman–Crippen MR) is 329 cm³/mol. The first-order chi connectivity index (χ1) is 36.9. The predicted octanol–water partition coefficient (Wildman–Crippen LogP) is 19.5. The first kappa shape index (κ1) is 74.7. The largest absolute Gasteiger partial charge is 0.472 e. The number of carbonyl (C=O) groups excluding carboxylic acids is 1. The van der Waals surface area contributed by atoms with Crippen LogP contribution in [0.3, 0.4) is 0 Å². The molecule has 4 unspecified atom stereocenters. The van der Waals surface area contributed by atoms with Gasteiger partial charge in [0.25, 0.3) is 0 Å². The SMILES string of the molecule is C/C=C/CC/C=C/CC/C=C/CCCC(O)C(O)C(COP(=O)(O)OCC[N+](C)(C)C)NC(=O)CCCCCCCCCCCCCCCCCCCCCCCCCCCCCCCCCCCCCCCCCC. The molecule has 4 atom stereocenters. The zero-order chi connectivity index (χ0) is 55.7. The molecule has 0 fully saturated rings. The number of aliphatic hydroxyl groups is 2. The van der Waals surface area contributed by atoms with Gasteiger partial charge in [-0.15, -0.1) is 0 Å². The quantitative estimate of drug-likeness (QED) is 0.0207. The van der Waals surface area contributed by atoms with E-state index < -0.39 is 32.7 Å². The summed E-state index contributed by atoms with van der Waals surface area (Å²) in [6.07, 6.45) is 71.8. The molecule has 0 aromatic rings. The number of amides is 1. The molecule has 0 aliphatic heterocycles. The Kier molecular flexibility index (Phi) is 55.9. The lowest BCUT2D eigenvalue weighted by Gasteiger charge is -2.28. The van der Waals surface area contributed by atoms with Gasteiger partial charge in [0, 0.05) is 6.42 Å². The van der Waals surface area contributed by atoms with E-state index in [0.29, 0.717) is 23.9 Å². The van der Waals surface area contributed by atoms with Crippen LogP contribution in [-0.4, -0.2) is 84.6 Å². The van der Waals surface area contributed by atoms with Gasteiger partial charge in [-0.05, 0) is 58.3 Å². The third-order valence-corrected chi connectivity index (χ3v) is 16.3. The normalized spacial score (nSPS) is 14.4. The number of phosphoric acid groups is 1. The van der Waals surface area contributed by atoms with Gasteiger partial charge in [-0.2, -0.15) is 0 Å². The smallest absolute Gasteiger partial charge is 0.390 e. The van der Waals surface area contributed by atoms with E-state index in [-0.39, 0.29) is 18.9 Å². The Bertz CT molecular complexity index is 1350. The van der Waals surface area contributed by atoms with Crippen LogP contribution in [0.4, 0.5) is 0 Å². The van der Waals surface area contributed by atoms with Crippen molar-refractivity contribution in [2.45, 2.75) is 340 Å². The first-order valence-electron chi connectivity index (χ1n) is 32.9. The molecule has 0 radical (unpaired) electrons. The Hall–Kier alpha value is -1.32. The zero-order valence-corrected chi connectivity index (χ0v) is 52.0. The van der Waals surface area contributed by atoms with Gasteiger partial charge in [0.2, 0.25) is 5.91 Å². The van der Waals surface area contributed by atoms with Crippen LogP contribution in [-0.2, 0) is 18.4 Å². The van der Waals surface area contributed by atoms with Crippen molar-refractivity contribution in [2.75, 3.05) is 40.9 Å². The van der Waals surface area contributed by atoms with E-state index in [1.54, 1.807) is 0 Å². The molecule has 0 aromatic heterocycles. The summed E-state index contributed by atoms with van der Waals surface area (Å²) >= 11 is 0. The van der Waals surface area contributed by atoms with Crippen LogP contribution in [0.25, 0.3) is 0 Å².